The van der Waals surface area contributed by atoms with E-state index in [1.165, 1.54) is 0 Å². The fraction of sp³-hybridized carbons (Fsp3) is 0.118. The van der Waals surface area contributed by atoms with Crippen LogP contribution in [0.2, 0.25) is 0 Å². The van der Waals surface area contributed by atoms with Crippen molar-refractivity contribution in [2.45, 2.75) is 13.5 Å². The van der Waals surface area contributed by atoms with Crippen LogP contribution < -0.4 is 10.5 Å². The van der Waals surface area contributed by atoms with Gasteiger partial charge in [0.1, 0.15) is 17.3 Å². The number of aryl methyl sites for hydroxylation is 1. The van der Waals surface area contributed by atoms with Crippen LogP contribution in [-0.4, -0.2) is 9.78 Å². The quantitative estimate of drug-likeness (QED) is 0.793. The van der Waals surface area contributed by atoms with Crippen LogP contribution in [0.5, 0.6) is 11.5 Å². The van der Waals surface area contributed by atoms with E-state index in [1.54, 1.807) is 10.9 Å². The minimum atomic E-state index is 0.631. The van der Waals surface area contributed by atoms with Gasteiger partial charge in [0.2, 0.25) is 0 Å². The predicted molar refractivity (Wildman–Crippen MR) is 83.4 cm³/mol. The molecule has 3 aromatic rings. The maximum absolute atomic E-state index is 5.98. The highest BCUT2D eigenvalue weighted by Gasteiger charge is 2.05. The molecule has 0 saturated heterocycles. The highest BCUT2D eigenvalue weighted by molar-refractivity contribution is 5.39. The summed E-state index contributed by atoms with van der Waals surface area (Å²) in [6, 6.07) is 17.7. The third-order valence-electron chi connectivity index (χ3n) is 3.28. The third kappa shape index (κ3) is 3.05. The molecule has 0 fully saturated rings. The van der Waals surface area contributed by atoms with Gasteiger partial charge >= 0.3 is 0 Å². The van der Waals surface area contributed by atoms with Crippen molar-refractivity contribution >= 4 is 5.82 Å². The molecule has 0 amide bonds. The summed E-state index contributed by atoms with van der Waals surface area (Å²) in [5.74, 6) is 2.33. The molecule has 4 heteroatoms. The average molecular weight is 279 g/mol. The molecule has 2 N–H and O–H groups in total. The first-order chi connectivity index (χ1) is 10.2. The Labute approximate surface area is 123 Å². The first-order valence-electron chi connectivity index (χ1n) is 6.82. The largest absolute Gasteiger partial charge is 0.457 e. The number of ether oxygens (including phenoxy) is 1. The number of nitrogen functional groups attached to an aromatic ring is 1. The van der Waals surface area contributed by atoms with Gasteiger partial charge in [-0.15, -0.1) is 0 Å². The van der Waals surface area contributed by atoms with Crippen LogP contribution in [0, 0.1) is 6.92 Å². The molecule has 21 heavy (non-hydrogen) atoms. The smallest absolute Gasteiger partial charge is 0.127 e. The molecule has 1 heterocycles. The second kappa shape index (κ2) is 5.71. The Bertz CT molecular complexity index is 735. The molecule has 0 aliphatic rings. The van der Waals surface area contributed by atoms with E-state index in [0.717, 1.165) is 22.6 Å². The fourth-order valence-electron chi connectivity index (χ4n) is 2.12. The third-order valence-corrected chi connectivity index (χ3v) is 3.28. The summed E-state index contributed by atoms with van der Waals surface area (Å²) in [5.41, 5.74) is 8.07. The van der Waals surface area contributed by atoms with Gasteiger partial charge in [-0.2, -0.15) is 5.10 Å². The number of nitrogens with zero attached hydrogens (tertiary/aromatic N) is 2. The predicted octanol–water partition coefficient (Wildman–Crippen LogP) is 3.61. The van der Waals surface area contributed by atoms with Crippen molar-refractivity contribution in [2.75, 3.05) is 5.73 Å². The number of hydrogen-bond acceptors (Lipinski definition) is 3. The standard InChI is InChI=1S/C17H17N3O/c1-13-11-19-20(17(13)18)12-14-6-5-9-16(10-14)21-15-7-3-2-4-8-15/h2-11H,12,18H2,1H3. The topological polar surface area (TPSA) is 53.1 Å². The van der Waals surface area contributed by atoms with Gasteiger partial charge in [0, 0.05) is 5.56 Å². The number of hydrogen-bond donors (Lipinski definition) is 1. The lowest BCUT2D eigenvalue weighted by molar-refractivity contribution is 0.481. The molecule has 0 bridgehead atoms. The van der Waals surface area contributed by atoms with E-state index in [0.29, 0.717) is 12.4 Å². The first kappa shape index (κ1) is 13.2. The molecule has 1 aromatic heterocycles. The Morgan fingerprint density at radius 2 is 1.81 bits per heavy atom. The molecule has 2 aromatic carbocycles. The molecule has 0 aliphatic heterocycles. The minimum absolute atomic E-state index is 0.631. The SMILES string of the molecule is Cc1cnn(Cc2cccc(Oc3ccccc3)c2)c1N. The Kier molecular flexibility index (Phi) is 3.60. The van der Waals surface area contributed by atoms with Crippen molar-refractivity contribution < 1.29 is 4.74 Å². The van der Waals surface area contributed by atoms with E-state index in [4.69, 9.17) is 10.5 Å². The monoisotopic (exact) mass is 279 g/mol. The van der Waals surface area contributed by atoms with E-state index in [-0.39, 0.29) is 0 Å². The highest BCUT2D eigenvalue weighted by Crippen LogP contribution is 2.22. The Morgan fingerprint density at radius 3 is 2.52 bits per heavy atom. The average Bonchev–Trinajstić information content (AvgIpc) is 2.81. The highest BCUT2D eigenvalue weighted by atomic mass is 16.5. The van der Waals surface area contributed by atoms with Gasteiger partial charge in [0.05, 0.1) is 12.7 Å². The maximum atomic E-state index is 5.98. The second-order valence-electron chi connectivity index (χ2n) is 4.93. The van der Waals surface area contributed by atoms with E-state index in [2.05, 4.69) is 5.10 Å². The lowest BCUT2D eigenvalue weighted by Crippen LogP contribution is -2.06. The number of rotatable bonds is 4. The molecule has 3 rings (SSSR count). The molecule has 0 atom stereocenters. The Balaban J connectivity index is 1.79. The molecule has 0 spiro atoms. The zero-order chi connectivity index (χ0) is 14.7. The molecular weight excluding hydrogens is 262 g/mol. The van der Waals surface area contributed by atoms with Crippen LogP contribution in [0.4, 0.5) is 5.82 Å². The van der Waals surface area contributed by atoms with Crippen molar-refractivity contribution in [3.63, 3.8) is 0 Å². The van der Waals surface area contributed by atoms with Crippen molar-refractivity contribution in [1.82, 2.24) is 9.78 Å². The van der Waals surface area contributed by atoms with Crippen LogP contribution in [-0.2, 0) is 6.54 Å². The number of aromatic nitrogens is 2. The van der Waals surface area contributed by atoms with Gasteiger partial charge in [-0.25, -0.2) is 4.68 Å². The summed E-state index contributed by atoms with van der Waals surface area (Å²) < 4.78 is 7.62. The Morgan fingerprint density at radius 1 is 1.05 bits per heavy atom. The number of benzene rings is 2. The van der Waals surface area contributed by atoms with Gasteiger partial charge in [-0.1, -0.05) is 30.3 Å². The van der Waals surface area contributed by atoms with Crippen LogP contribution in [0.15, 0.2) is 60.8 Å². The molecule has 0 unspecified atom stereocenters. The summed E-state index contributed by atoms with van der Waals surface area (Å²) in [5, 5.41) is 4.28. The van der Waals surface area contributed by atoms with Crippen molar-refractivity contribution in [2.24, 2.45) is 0 Å². The number of para-hydroxylation sites is 1. The Hall–Kier alpha value is -2.75. The number of anilines is 1. The lowest BCUT2D eigenvalue weighted by Gasteiger charge is -2.09. The van der Waals surface area contributed by atoms with Crippen LogP contribution in [0.25, 0.3) is 0 Å². The van der Waals surface area contributed by atoms with Crippen LogP contribution in [0.3, 0.4) is 0 Å². The fourth-order valence-corrected chi connectivity index (χ4v) is 2.12. The van der Waals surface area contributed by atoms with Crippen LogP contribution in [0.1, 0.15) is 11.1 Å². The molecule has 4 nitrogen and oxygen atoms in total. The van der Waals surface area contributed by atoms with Crippen molar-refractivity contribution in [3.05, 3.63) is 71.9 Å². The van der Waals surface area contributed by atoms with Gasteiger partial charge in [0.15, 0.2) is 0 Å². The summed E-state index contributed by atoms with van der Waals surface area (Å²) in [6.07, 6.45) is 1.78. The zero-order valence-corrected chi connectivity index (χ0v) is 11.9. The van der Waals surface area contributed by atoms with Gasteiger partial charge in [-0.05, 0) is 36.8 Å². The zero-order valence-electron chi connectivity index (χ0n) is 11.9. The maximum Gasteiger partial charge on any atom is 0.127 e. The second-order valence-corrected chi connectivity index (χ2v) is 4.93. The summed E-state index contributed by atoms with van der Waals surface area (Å²) >= 11 is 0. The van der Waals surface area contributed by atoms with E-state index in [1.807, 2.05) is 61.5 Å². The van der Waals surface area contributed by atoms with Gasteiger partial charge in [-0.3, -0.25) is 0 Å². The molecule has 0 saturated carbocycles. The summed E-state index contributed by atoms with van der Waals surface area (Å²) in [4.78, 5) is 0. The minimum Gasteiger partial charge on any atom is -0.457 e. The van der Waals surface area contributed by atoms with E-state index >= 15 is 0 Å². The van der Waals surface area contributed by atoms with Crippen molar-refractivity contribution in [3.8, 4) is 11.5 Å². The normalized spacial score (nSPS) is 10.5. The summed E-state index contributed by atoms with van der Waals surface area (Å²) in [6.45, 7) is 2.58. The lowest BCUT2D eigenvalue weighted by atomic mass is 10.2. The molecule has 106 valence electrons. The van der Waals surface area contributed by atoms with E-state index in [9.17, 15) is 0 Å². The van der Waals surface area contributed by atoms with Gasteiger partial charge < -0.3 is 10.5 Å². The van der Waals surface area contributed by atoms with E-state index < -0.39 is 0 Å². The molecular formula is C17H17N3O. The molecule has 0 radical (unpaired) electrons. The molecule has 0 aliphatic carbocycles. The van der Waals surface area contributed by atoms with Gasteiger partial charge in [0.25, 0.3) is 0 Å². The number of nitrogens with two attached hydrogens (primary N) is 1. The van der Waals surface area contributed by atoms with Crippen molar-refractivity contribution in [1.29, 1.82) is 0 Å². The van der Waals surface area contributed by atoms with Crippen LogP contribution >= 0.6 is 0 Å². The first-order valence-corrected chi connectivity index (χ1v) is 6.82. The summed E-state index contributed by atoms with van der Waals surface area (Å²) in [7, 11) is 0.